The van der Waals surface area contributed by atoms with Crippen molar-refractivity contribution in [2.24, 2.45) is 0 Å². The highest BCUT2D eigenvalue weighted by molar-refractivity contribution is 7.89. The number of para-hydroxylation sites is 1. The number of hydrogen-bond acceptors (Lipinski definition) is 4. The van der Waals surface area contributed by atoms with Gasteiger partial charge in [0.25, 0.3) is 0 Å². The highest BCUT2D eigenvalue weighted by Gasteiger charge is 2.22. The zero-order chi connectivity index (χ0) is 20.9. The monoisotopic (exact) mass is 429 g/mol. The van der Waals surface area contributed by atoms with E-state index in [0.717, 1.165) is 11.4 Å². The highest BCUT2D eigenvalue weighted by atomic mass is 35.5. The van der Waals surface area contributed by atoms with Crippen molar-refractivity contribution in [1.82, 2.24) is 4.72 Å². The third-order valence-corrected chi connectivity index (χ3v) is 5.87. The lowest BCUT2D eigenvalue weighted by molar-refractivity contribution is -0.117. The van der Waals surface area contributed by atoms with Gasteiger partial charge in [0.1, 0.15) is 0 Å². The first-order chi connectivity index (χ1) is 13.8. The van der Waals surface area contributed by atoms with E-state index in [9.17, 15) is 13.2 Å². The van der Waals surface area contributed by atoms with Crippen LogP contribution in [-0.2, 0) is 14.8 Å². The van der Waals surface area contributed by atoms with Crippen LogP contribution in [0.2, 0.25) is 5.02 Å². The van der Waals surface area contributed by atoms with Gasteiger partial charge in [-0.05, 0) is 67.6 Å². The van der Waals surface area contributed by atoms with Crippen molar-refractivity contribution in [3.8, 4) is 0 Å². The molecule has 0 bridgehead atoms. The maximum atomic E-state index is 12.4. The second-order valence-electron chi connectivity index (χ2n) is 6.35. The Morgan fingerprint density at radius 3 is 2.00 bits per heavy atom. The number of sulfonamides is 1. The van der Waals surface area contributed by atoms with Crippen molar-refractivity contribution >= 4 is 44.6 Å². The van der Waals surface area contributed by atoms with E-state index in [2.05, 4.69) is 15.4 Å². The maximum absolute atomic E-state index is 12.4. The number of benzene rings is 3. The molecule has 0 heterocycles. The Hall–Kier alpha value is -2.87. The van der Waals surface area contributed by atoms with Crippen molar-refractivity contribution in [2.45, 2.75) is 17.9 Å². The van der Waals surface area contributed by atoms with Crippen molar-refractivity contribution in [3.05, 3.63) is 83.9 Å². The van der Waals surface area contributed by atoms with Gasteiger partial charge in [0.15, 0.2) is 0 Å². The van der Waals surface area contributed by atoms with Crippen LogP contribution < -0.4 is 15.4 Å². The molecule has 3 aromatic carbocycles. The van der Waals surface area contributed by atoms with Crippen LogP contribution in [-0.4, -0.2) is 20.4 Å². The lowest BCUT2D eigenvalue weighted by Crippen LogP contribution is -2.41. The van der Waals surface area contributed by atoms with Crippen molar-refractivity contribution in [1.29, 1.82) is 0 Å². The topological polar surface area (TPSA) is 87.3 Å². The van der Waals surface area contributed by atoms with Crippen LogP contribution in [0.4, 0.5) is 17.1 Å². The first-order valence-electron chi connectivity index (χ1n) is 8.84. The lowest BCUT2D eigenvalue weighted by Gasteiger charge is -2.15. The molecule has 0 aromatic heterocycles. The summed E-state index contributed by atoms with van der Waals surface area (Å²) in [6.45, 7) is 1.48. The Morgan fingerprint density at radius 2 is 1.38 bits per heavy atom. The van der Waals surface area contributed by atoms with Crippen molar-refractivity contribution < 1.29 is 13.2 Å². The second kappa shape index (κ2) is 9.09. The van der Waals surface area contributed by atoms with Crippen LogP contribution in [0.1, 0.15) is 6.92 Å². The summed E-state index contributed by atoms with van der Waals surface area (Å²) in [6, 6.07) is 21.6. The van der Waals surface area contributed by atoms with E-state index in [0.29, 0.717) is 10.7 Å². The molecule has 0 saturated heterocycles. The molecule has 3 N–H and O–H groups in total. The van der Waals surface area contributed by atoms with Gasteiger partial charge in [-0.2, -0.15) is 4.72 Å². The van der Waals surface area contributed by atoms with Gasteiger partial charge in [-0.3, -0.25) is 4.79 Å². The molecule has 6 nitrogen and oxygen atoms in total. The normalized spacial score (nSPS) is 12.2. The number of carbonyl (C=O) groups excluding carboxylic acids is 1. The minimum atomic E-state index is -3.83. The zero-order valence-corrected chi connectivity index (χ0v) is 17.2. The molecule has 0 unspecified atom stereocenters. The van der Waals surface area contributed by atoms with Crippen molar-refractivity contribution in [2.75, 3.05) is 10.6 Å². The smallest absolute Gasteiger partial charge is 0.242 e. The van der Waals surface area contributed by atoms with E-state index in [-0.39, 0.29) is 4.90 Å². The summed E-state index contributed by atoms with van der Waals surface area (Å²) in [4.78, 5) is 12.4. The van der Waals surface area contributed by atoms with Crippen LogP contribution in [0.3, 0.4) is 0 Å². The SMILES string of the molecule is C[C@H](NS(=O)(=O)c1ccc(Cl)cc1)C(=O)Nc1ccc(Nc2ccccc2)cc1. The molecule has 0 aliphatic rings. The molecule has 0 aliphatic carbocycles. The summed E-state index contributed by atoms with van der Waals surface area (Å²) in [5.41, 5.74) is 2.38. The summed E-state index contributed by atoms with van der Waals surface area (Å²) in [7, 11) is -3.83. The molecule has 1 amide bonds. The fraction of sp³-hybridized carbons (Fsp3) is 0.0952. The molecule has 3 rings (SSSR count). The summed E-state index contributed by atoms with van der Waals surface area (Å²) in [5.74, 6) is -0.466. The van der Waals surface area contributed by atoms with Gasteiger partial charge < -0.3 is 10.6 Å². The lowest BCUT2D eigenvalue weighted by atomic mass is 10.2. The van der Waals surface area contributed by atoms with Gasteiger partial charge in [0, 0.05) is 22.1 Å². The summed E-state index contributed by atoms with van der Waals surface area (Å²) < 4.78 is 27.1. The van der Waals surface area contributed by atoms with Gasteiger partial charge in [-0.25, -0.2) is 8.42 Å². The van der Waals surface area contributed by atoms with E-state index < -0.39 is 22.0 Å². The molecule has 0 saturated carbocycles. The minimum absolute atomic E-state index is 0.0397. The van der Waals surface area contributed by atoms with Gasteiger partial charge in [0.2, 0.25) is 15.9 Å². The van der Waals surface area contributed by atoms with Crippen LogP contribution >= 0.6 is 11.6 Å². The largest absolute Gasteiger partial charge is 0.356 e. The quantitative estimate of drug-likeness (QED) is 0.519. The Morgan fingerprint density at radius 1 is 0.828 bits per heavy atom. The molecule has 150 valence electrons. The zero-order valence-electron chi connectivity index (χ0n) is 15.6. The first-order valence-corrected chi connectivity index (χ1v) is 10.7. The van der Waals surface area contributed by atoms with Crippen LogP contribution in [0.15, 0.2) is 83.8 Å². The molecule has 29 heavy (non-hydrogen) atoms. The van der Waals surface area contributed by atoms with Gasteiger partial charge >= 0.3 is 0 Å². The number of carbonyl (C=O) groups is 1. The molecule has 8 heteroatoms. The number of hydrogen-bond donors (Lipinski definition) is 3. The van der Waals surface area contributed by atoms with E-state index >= 15 is 0 Å². The Kier molecular flexibility index (Phi) is 6.53. The maximum Gasteiger partial charge on any atom is 0.242 e. The third kappa shape index (κ3) is 5.80. The molecule has 0 aliphatic heterocycles. The molecule has 3 aromatic rings. The first kappa shape index (κ1) is 20.9. The number of anilines is 3. The van der Waals surface area contributed by atoms with Gasteiger partial charge in [-0.1, -0.05) is 29.8 Å². The molecular weight excluding hydrogens is 410 g/mol. The Bertz CT molecular complexity index is 1070. The van der Waals surface area contributed by atoms with E-state index in [1.165, 1.54) is 31.2 Å². The molecule has 0 radical (unpaired) electrons. The predicted molar refractivity (Wildman–Crippen MR) is 116 cm³/mol. The van der Waals surface area contributed by atoms with Crippen LogP contribution in [0.25, 0.3) is 0 Å². The minimum Gasteiger partial charge on any atom is -0.356 e. The van der Waals surface area contributed by atoms with E-state index in [1.807, 2.05) is 42.5 Å². The highest BCUT2D eigenvalue weighted by Crippen LogP contribution is 2.19. The van der Waals surface area contributed by atoms with Crippen LogP contribution in [0, 0.1) is 0 Å². The summed E-state index contributed by atoms with van der Waals surface area (Å²) >= 11 is 5.78. The number of rotatable bonds is 7. The average molecular weight is 430 g/mol. The molecule has 0 fully saturated rings. The fourth-order valence-electron chi connectivity index (χ4n) is 2.54. The standard InChI is InChI=1S/C21H20ClN3O3S/c1-15(25-29(27,28)20-13-7-16(22)8-14-20)21(26)24-19-11-9-18(10-12-19)23-17-5-3-2-4-6-17/h2-15,23,25H,1H3,(H,24,26)/t15-/m0/s1. The van der Waals surface area contributed by atoms with Gasteiger partial charge in [0.05, 0.1) is 10.9 Å². The molecular formula is C21H20ClN3O3S. The number of halogens is 1. The molecule has 0 spiro atoms. The Balaban J connectivity index is 1.59. The fourth-order valence-corrected chi connectivity index (χ4v) is 3.87. The van der Waals surface area contributed by atoms with E-state index in [4.69, 9.17) is 11.6 Å². The number of amides is 1. The summed E-state index contributed by atoms with van der Waals surface area (Å²) in [5, 5.41) is 6.38. The summed E-state index contributed by atoms with van der Waals surface area (Å²) in [6.07, 6.45) is 0. The van der Waals surface area contributed by atoms with Crippen molar-refractivity contribution in [3.63, 3.8) is 0 Å². The second-order valence-corrected chi connectivity index (χ2v) is 8.50. The van der Waals surface area contributed by atoms with Gasteiger partial charge in [-0.15, -0.1) is 0 Å². The number of nitrogens with one attached hydrogen (secondary N) is 3. The third-order valence-electron chi connectivity index (χ3n) is 4.06. The molecule has 1 atom stereocenters. The predicted octanol–water partition coefficient (Wildman–Crippen LogP) is 4.39. The van der Waals surface area contributed by atoms with E-state index in [1.54, 1.807) is 12.1 Å². The average Bonchev–Trinajstić information content (AvgIpc) is 2.70. The Labute approximate surface area is 175 Å². The van der Waals surface area contributed by atoms with Crippen LogP contribution in [0.5, 0.6) is 0 Å².